The number of hydrogen-bond acceptors (Lipinski definition) is 9. The fourth-order valence-electron chi connectivity index (χ4n) is 6.80. The summed E-state index contributed by atoms with van der Waals surface area (Å²) in [5.74, 6) is 2.37. The standard InChI is InChI=1S/C19H30N4O2.C14H22N4/c1-15(2)14-25-19(24)21-16-7-8-18(20-13-16)23-11-9-22(10-12-23)17-5-3-4-6-17;15-12-5-6-14(16-11-12)18-9-7-17(8-10-18)13-3-1-2-4-13/h7-8,13,15,17H,3-6,9-12,14H2,1-2H3,(H,21,24);5-6,11,13H,1-4,7-10,15H2. The van der Waals surface area contributed by atoms with E-state index < -0.39 is 6.09 Å². The van der Waals surface area contributed by atoms with Gasteiger partial charge in [0.25, 0.3) is 0 Å². The van der Waals surface area contributed by atoms with Crippen LogP contribution in [0.1, 0.15) is 65.2 Å². The predicted octanol–water partition coefficient (Wildman–Crippen LogP) is 5.08. The van der Waals surface area contributed by atoms with E-state index in [1.807, 2.05) is 38.1 Å². The van der Waals surface area contributed by atoms with E-state index in [1.54, 1.807) is 12.4 Å². The van der Waals surface area contributed by atoms with Crippen molar-refractivity contribution in [3.05, 3.63) is 36.7 Å². The SMILES string of the molecule is CC(C)COC(=O)Nc1ccc(N2CCN(C3CCCC3)CC2)nc1.Nc1ccc(N2CCN(C3CCCC3)CC2)nc1. The first-order valence-electron chi connectivity index (χ1n) is 16.5. The van der Waals surface area contributed by atoms with Crippen LogP contribution in [0.5, 0.6) is 0 Å². The van der Waals surface area contributed by atoms with Crippen LogP contribution >= 0.6 is 0 Å². The number of anilines is 4. The maximum Gasteiger partial charge on any atom is 0.411 e. The number of piperazine rings is 2. The van der Waals surface area contributed by atoms with Gasteiger partial charge >= 0.3 is 6.09 Å². The second kappa shape index (κ2) is 15.6. The summed E-state index contributed by atoms with van der Waals surface area (Å²) in [6, 6.07) is 9.49. The molecule has 0 unspecified atom stereocenters. The Morgan fingerprint density at radius 2 is 1.28 bits per heavy atom. The largest absolute Gasteiger partial charge is 0.449 e. The molecule has 2 saturated carbocycles. The Hall–Kier alpha value is -3.11. The smallest absolute Gasteiger partial charge is 0.411 e. The summed E-state index contributed by atoms with van der Waals surface area (Å²) >= 11 is 0. The highest BCUT2D eigenvalue weighted by molar-refractivity contribution is 5.84. The fourth-order valence-corrected chi connectivity index (χ4v) is 6.80. The highest BCUT2D eigenvalue weighted by Gasteiger charge is 2.27. The molecule has 2 aliphatic carbocycles. The number of pyridine rings is 2. The number of amides is 1. The van der Waals surface area contributed by atoms with Crippen LogP contribution in [0.3, 0.4) is 0 Å². The molecule has 43 heavy (non-hydrogen) atoms. The molecule has 4 heterocycles. The van der Waals surface area contributed by atoms with Crippen molar-refractivity contribution < 1.29 is 9.53 Å². The molecule has 2 aromatic heterocycles. The van der Waals surface area contributed by atoms with E-state index in [1.165, 1.54) is 64.5 Å². The maximum atomic E-state index is 11.7. The molecule has 0 bridgehead atoms. The van der Waals surface area contributed by atoms with E-state index in [0.717, 1.165) is 68.7 Å². The Bertz CT molecular complexity index is 1100. The van der Waals surface area contributed by atoms with Crippen molar-refractivity contribution in [2.45, 2.75) is 77.3 Å². The summed E-state index contributed by atoms with van der Waals surface area (Å²) in [6.45, 7) is 13.3. The first-order chi connectivity index (χ1) is 20.9. The predicted molar refractivity (Wildman–Crippen MR) is 175 cm³/mol. The van der Waals surface area contributed by atoms with Gasteiger partial charge in [-0.05, 0) is 55.9 Å². The van der Waals surface area contributed by atoms with E-state index in [2.05, 4.69) is 34.9 Å². The zero-order valence-corrected chi connectivity index (χ0v) is 26.3. The van der Waals surface area contributed by atoms with Crippen molar-refractivity contribution in [1.82, 2.24) is 19.8 Å². The van der Waals surface area contributed by atoms with Gasteiger partial charge in [0, 0.05) is 64.4 Å². The Labute approximate surface area is 258 Å². The third-order valence-electron chi connectivity index (χ3n) is 9.27. The van der Waals surface area contributed by atoms with Crippen LogP contribution in [0.2, 0.25) is 0 Å². The Morgan fingerprint density at radius 1 is 0.791 bits per heavy atom. The van der Waals surface area contributed by atoms with Crippen LogP contribution < -0.4 is 20.9 Å². The van der Waals surface area contributed by atoms with E-state index in [-0.39, 0.29) is 0 Å². The van der Waals surface area contributed by atoms with Crippen LogP contribution in [-0.4, -0.2) is 96.9 Å². The maximum absolute atomic E-state index is 11.7. The third kappa shape index (κ3) is 9.19. The summed E-state index contributed by atoms with van der Waals surface area (Å²) < 4.78 is 5.12. The highest BCUT2D eigenvalue weighted by atomic mass is 16.5. The number of nitrogens with one attached hydrogen (secondary N) is 1. The van der Waals surface area contributed by atoms with Gasteiger partial charge in [-0.15, -0.1) is 0 Å². The van der Waals surface area contributed by atoms with E-state index >= 15 is 0 Å². The molecule has 2 saturated heterocycles. The molecular weight excluding hydrogens is 540 g/mol. The van der Waals surface area contributed by atoms with Gasteiger partial charge < -0.3 is 20.3 Å². The van der Waals surface area contributed by atoms with Crippen molar-refractivity contribution in [1.29, 1.82) is 0 Å². The zero-order valence-electron chi connectivity index (χ0n) is 26.3. The van der Waals surface area contributed by atoms with E-state index in [4.69, 9.17) is 10.5 Å². The van der Waals surface area contributed by atoms with Crippen molar-refractivity contribution in [3.8, 4) is 0 Å². The van der Waals surface area contributed by atoms with Gasteiger partial charge in [0.2, 0.25) is 0 Å². The van der Waals surface area contributed by atoms with Crippen LogP contribution in [-0.2, 0) is 4.74 Å². The lowest BCUT2D eigenvalue weighted by atomic mass is 10.2. The van der Waals surface area contributed by atoms with Crippen molar-refractivity contribution in [2.24, 2.45) is 5.92 Å². The number of carbonyl (C=O) groups excluding carboxylic acids is 1. The number of nitrogen functional groups attached to an aromatic ring is 1. The second-order valence-corrected chi connectivity index (χ2v) is 12.9. The van der Waals surface area contributed by atoms with Gasteiger partial charge in [0.1, 0.15) is 11.6 Å². The Balaban J connectivity index is 0.000000180. The van der Waals surface area contributed by atoms with E-state index in [9.17, 15) is 4.79 Å². The first-order valence-corrected chi connectivity index (χ1v) is 16.5. The second-order valence-electron chi connectivity index (χ2n) is 12.9. The molecule has 3 N–H and O–H groups in total. The van der Waals surface area contributed by atoms with Gasteiger partial charge in [0.05, 0.1) is 30.4 Å². The first kappa shape index (κ1) is 31.3. The zero-order chi connectivity index (χ0) is 30.0. The van der Waals surface area contributed by atoms with Crippen LogP contribution in [0.15, 0.2) is 36.7 Å². The number of aromatic nitrogens is 2. The fraction of sp³-hybridized carbons (Fsp3) is 0.667. The minimum absolute atomic E-state index is 0.328. The number of rotatable bonds is 7. The lowest BCUT2D eigenvalue weighted by molar-refractivity contribution is 0.147. The number of nitrogens with zero attached hydrogens (tertiary/aromatic N) is 6. The number of carbonyl (C=O) groups is 1. The number of hydrogen-bond donors (Lipinski definition) is 2. The van der Waals surface area contributed by atoms with Crippen molar-refractivity contribution in [2.75, 3.05) is 79.8 Å². The molecule has 6 rings (SSSR count). The monoisotopic (exact) mass is 592 g/mol. The molecule has 4 aliphatic rings. The number of nitrogens with two attached hydrogens (primary N) is 1. The molecule has 0 atom stereocenters. The van der Waals surface area contributed by atoms with Gasteiger partial charge in [-0.1, -0.05) is 39.5 Å². The number of ether oxygens (including phenoxy) is 1. The summed E-state index contributed by atoms with van der Waals surface area (Å²) in [6.07, 6.45) is 14.2. The third-order valence-corrected chi connectivity index (χ3v) is 9.27. The van der Waals surface area contributed by atoms with E-state index in [0.29, 0.717) is 18.2 Å². The summed E-state index contributed by atoms with van der Waals surface area (Å²) in [7, 11) is 0. The summed E-state index contributed by atoms with van der Waals surface area (Å²) in [5.41, 5.74) is 7.08. The molecule has 4 fully saturated rings. The molecule has 236 valence electrons. The molecule has 10 nitrogen and oxygen atoms in total. The molecule has 2 aliphatic heterocycles. The minimum atomic E-state index is -0.423. The van der Waals surface area contributed by atoms with Crippen molar-refractivity contribution >= 4 is 29.1 Å². The summed E-state index contributed by atoms with van der Waals surface area (Å²) in [5, 5.41) is 2.72. The molecule has 0 aromatic carbocycles. The average molecular weight is 593 g/mol. The molecule has 0 spiro atoms. The topological polar surface area (TPSA) is 103 Å². The Kier molecular flexibility index (Phi) is 11.3. The normalized spacial score (nSPS) is 20.7. The minimum Gasteiger partial charge on any atom is -0.449 e. The molecule has 2 aromatic rings. The lowest BCUT2D eigenvalue weighted by Crippen LogP contribution is -2.49. The summed E-state index contributed by atoms with van der Waals surface area (Å²) in [4.78, 5) is 30.6. The van der Waals surface area contributed by atoms with Gasteiger partial charge in [0.15, 0.2) is 0 Å². The molecular formula is C33H52N8O2. The van der Waals surface area contributed by atoms with Crippen LogP contribution in [0, 0.1) is 5.92 Å². The highest BCUT2D eigenvalue weighted by Crippen LogP contribution is 2.26. The van der Waals surface area contributed by atoms with Gasteiger partial charge in [-0.3, -0.25) is 15.1 Å². The quantitative estimate of drug-likeness (QED) is 0.456. The molecule has 0 radical (unpaired) electrons. The Morgan fingerprint density at radius 3 is 1.70 bits per heavy atom. The average Bonchev–Trinajstić information content (AvgIpc) is 3.77. The lowest BCUT2D eigenvalue weighted by Gasteiger charge is -2.38. The van der Waals surface area contributed by atoms with Crippen molar-refractivity contribution in [3.63, 3.8) is 0 Å². The van der Waals surface area contributed by atoms with Gasteiger partial charge in [-0.25, -0.2) is 14.8 Å². The van der Waals surface area contributed by atoms with Crippen LogP contribution in [0.4, 0.5) is 27.8 Å². The van der Waals surface area contributed by atoms with Crippen LogP contribution in [0.25, 0.3) is 0 Å². The molecule has 1 amide bonds. The molecule has 10 heteroatoms. The van der Waals surface area contributed by atoms with Gasteiger partial charge in [-0.2, -0.15) is 0 Å².